The fourth-order valence-electron chi connectivity index (χ4n) is 2.35. The first kappa shape index (κ1) is 15.5. The van der Waals surface area contributed by atoms with Crippen molar-refractivity contribution < 1.29 is 4.79 Å². The number of rotatable bonds is 5. The molecule has 1 amide bonds. The minimum Gasteiger partial charge on any atom is -0.352 e. The standard InChI is InChI=1S/C15H22BrN3O/c1-12-3-4-14(16)13(11-12)15(20)18-5-2-8-19-9-6-17-7-10-19/h3-4,11,17H,2,5-10H2,1H3,(H,18,20). The molecule has 20 heavy (non-hydrogen) atoms. The SMILES string of the molecule is Cc1ccc(Br)c(C(=O)NCCCN2CCNCC2)c1. The molecule has 4 nitrogen and oxygen atoms in total. The molecule has 0 aliphatic carbocycles. The van der Waals surface area contributed by atoms with Gasteiger partial charge in [-0.05, 0) is 48.0 Å². The maximum Gasteiger partial charge on any atom is 0.252 e. The molecule has 2 N–H and O–H groups in total. The number of carbonyl (C=O) groups excluding carboxylic acids is 1. The van der Waals surface area contributed by atoms with Gasteiger partial charge in [0.1, 0.15) is 0 Å². The summed E-state index contributed by atoms with van der Waals surface area (Å²) < 4.78 is 0.850. The summed E-state index contributed by atoms with van der Waals surface area (Å²) in [7, 11) is 0. The molecule has 2 rings (SSSR count). The first-order valence-corrected chi connectivity index (χ1v) is 7.93. The molecule has 1 saturated heterocycles. The molecule has 0 spiro atoms. The number of hydrogen-bond acceptors (Lipinski definition) is 3. The third-order valence-electron chi connectivity index (χ3n) is 3.51. The molecule has 0 unspecified atom stereocenters. The summed E-state index contributed by atoms with van der Waals surface area (Å²) in [6, 6.07) is 5.83. The summed E-state index contributed by atoms with van der Waals surface area (Å²) in [6.07, 6.45) is 0.995. The number of amides is 1. The van der Waals surface area contributed by atoms with Crippen molar-refractivity contribution in [3.63, 3.8) is 0 Å². The van der Waals surface area contributed by atoms with Gasteiger partial charge in [0.15, 0.2) is 0 Å². The van der Waals surface area contributed by atoms with E-state index in [2.05, 4.69) is 31.5 Å². The Morgan fingerprint density at radius 3 is 2.90 bits per heavy atom. The molecular formula is C15H22BrN3O. The van der Waals surface area contributed by atoms with E-state index in [-0.39, 0.29) is 5.91 Å². The van der Waals surface area contributed by atoms with Crippen LogP contribution in [0.15, 0.2) is 22.7 Å². The maximum absolute atomic E-state index is 12.1. The lowest BCUT2D eigenvalue weighted by Gasteiger charge is -2.27. The van der Waals surface area contributed by atoms with Gasteiger partial charge in [0, 0.05) is 37.2 Å². The molecule has 1 heterocycles. The van der Waals surface area contributed by atoms with E-state index in [0.717, 1.165) is 55.7 Å². The predicted octanol–water partition coefficient (Wildman–Crippen LogP) is 1.78. The fourth-order valence-corrected chi connectivity index (χ4v) is 2.77. The van der Waals surface area contributed by atoms with E-state index in [0.29, 0.717) is 5.56 Å². The Kier molecular flexibility index (Phi) is 6.01. The van der Waals surface area contributed by atoms with Crippen molar-refractivity contribution in [3.05, 3.63) is 33.8 Å². The van der Waals surface area contributed by atoms with Crippen molar-refractivity contribution in [1.29, 1.82) is 0 Å². The number of nitrogens with one attached hydrogen (secondary N) is 2. The molecule has 0 saturated carbocycles. The summed E-state index contributed by atoms with van der Waals surface area (Å²) in [5.41, 5.74) is 1.81. The second-order valence-electron chi connectivity index (χ2n) is 5.18. The number of benzene rings is 1. The lowest BCUT2D eigenvalue weighted by molar-refractivity contribution is 0.0950. The number of piperazine rings is 1. The van der Waals surface area contributed by atoms with Gasteiger partial charge >= 0.3 is 0 Å². The molecular weight excluding hydrogens is 318 g/mol. The summed E-state index contributed by atoms with van der Waals surface area (Å²) >= 11 is 3.43. The molecule has 1 aliphatic heterocycles. The lowest BCUT2D eigenvalue weighted by Crippen LogP contribution is -2.44. The molecule has 0 radical (unpaired) electrons. The van der Waals surface area contributed by atoms with E-state index < -0.39 is 0 Å². The van der Waals surface area contributed by atoms with Crippen LogP contribution in [0.25, 0.3) is 0 Å². The molecule has 0 aromatic heterocycles. The smallest absolute Gasteiger partial charge is 0.252 e. The van der Waals surface area contributed by atoms with E-state index in [1.54, 1.807) is 0 Å². The first-order chi connectivity index (χ1) is 9.66. The third kappa shape index (κ3) is 4.58. The van der Waals surface area contributed by atoms with Gasteiger partial charge in [0.05, 0.1) is 5.56 Å². The zero-order valence-electron chi connectivity index (χ0n) is 11.9. The number of hydrogen-bond donors (Lipinski definition) is 2. The van der Waals surface area contributed by atoms with Crippen LogP contribution in [-0.4, -0.2) is 50.1 Å². The average Bonchev–Trinajstić information content (AvgIpc) is 2.47. The van der Waals surface area contributed by atoms with Crippen LogP contribution < -0.4 is 10.6 Å². The number of carbonyl (C=O) groups is 1. The highest BCUT2D eigenvalue weighted by Crippen LogP contribution is 2.17. The van der Waals surface area contributed by atoms with Crippen LogP contribution in [0, 0.1) is 6.92 Å². The summed E-state index contributed by atoms with van der Waals surface area (Å²) in [5, 5.41) is 6.34. The van der Waals surface area contributed by atoms with Gasteiger partial charge in [-0.2, -0.15) is 0 Å². The molecule has 1 aromatic carbocycles. The zero-order valence-corrected chi connectivity index (χ0v) is 13.5. The van der Waals surface area contributed by atoms with Crippen LogP contribution in [0.1, 0.15) is 22.3 Å². The highest BCUT2D eigenvalue weighted by atomic mass is 79.9. The zero-order chi connectivity index (χ0) is 14.4. The summed E-state index contributed by atoms with van der Waals surface area (Å²) in [6.45, 7) is 8.13. The lowest BCUT2D eigenvalue weighted by atomic mass is 10.1. The van der Waals surface area contributed by atoms with E-state index in [4.69, 9.17) is 0 Å². The first-order valence-electron chi connectivity index (χ1n) is 7.14. The highest BCUT2D eigenvalue weighted by molar-refractivity contribution is 9.10. The van der Waals surface area contributed by atoms with Gasteiger partial charge in [-0.3, -0.25) is 4.79 Å². The maximum atomic E-state index is 12.1. The normalized spacial score (nSPS) is 16.1. The van der Waals surface area contributed by atoms with Gasteiger partial charge in [0.25, 0.3) is 5.91 Å². The Bertz CT molecular complexity index is 458. The van der Waals surface area contributed by atoms with Crippen molar-refractivity contribution in [2.75, 3.05) is 39.3 Å². The Hall–Kier alpha value is -0.910. The van der Waals surface area contributed by atoms with Gasteiger partial charge in [-0.15, -0.1) is 0 Å². The van der Waals surface area contributed by atoms with Crippen molar-refractivity contribution in [2.45, 2.75) is 13.3 Å². The van der Waals surface area contributed by atoms with Crippen LogP contribution in [0.3, 0.4) is 0 Å². The van der Waals surface area contributed by atoms with E-state index in [1.165, 1.54) is 0 Å². The van der Waals surface area contributed by atoms with E-state index in [9.17, 15) is 4.79 Å². The second kappa shape index (κ2) is 7.76. The van der Waals surface area contributed by atoms with Crippen molar-refractivity contribution in [1.82, 2.24) is 15.5 Å². The third-order valence-corrected chi connectivity index (χ3v) is 4.20. The minimum atomic E-state index is 0.000820. The predicted molar refractivity (Wildman–Crippen MR) is 85.1 cm³/mol. The van der Waals surface area contributed by atoms with Crippen LogP contribution in [0.5, 0.6) is 0 Å². The number of nitrogens with zero attached hydrogens (tertiary/aromatic N) is 1. The van der Waals surface area contributed by atoms with Gasteiger partial charge < -0.3 is 15.5 Å². The minimum absolute atomic E-state index is 0.000820. The summed E-state index contributed by atoms with van der Waals surface area (Å²) in [5.74, 6) is 0.000820. The number of halogens is 1. The molecule has 0 atom stereocenters. The Morgan fingerprint density at radius 2 is 2.15 bits per heavy atom. The van der Waals surface area contributed by atoms with Crippen molar-refractivity contribution in [2.24, 2.45) is 0 Å². The topological polar surface area (TPSA) is 44.4 Å². The van der Waals surface area contributed by atoms with Crippen molar-refractivity contribution in [3.8, 4) is 0 Å². The van der Waals surface area contributed by atoms with E-state index in [1.807, 2.05) is 25.1 Å². The summed E-state index contributed by atoms with van der Waals surface area (Å²) in [4.78, 5) is 14.5. The average molecular weight is 340 g/mol. The molecule has 1 aliphatic rings. The van der Waals surface area contributed by atoms with Crippen LogP contribution in [-0.2, 0) is 0 Å². The molecule has 1 aromatic rings. The van der Waals surface area contributed by atoms with Crippen LogP contribution in [0.4, 0.5) is 0 Å². The molecule has 110 valence electrons. The molecule has 0 bridgehead atoms. The van der Waals surface area contributed by atoms with Gasteiger partial charge in [-0.1, -0.05) is 11.6 Å². The number of aryl methyl sites for hydroxylation is 1. The second-order valence-corrected chi connectivity index (χ2v) is 6.04. The van der Waals surface area contributed by atoms with E-state index >= 15 is 0 Å². The van der Waals surface area contributed by atoms with Crippen LogP contribution >= 0.6 is 15.9 Å². The van der Waals surface area contributed by atoms with Crippen LogP contribution in [0.2, 0.25) is 0 Å². The van der Waals surface area contributed by atoms with Crippen molar-refractivity contribution >= 4 is 21.8 Å². The highest BCUT2D eigenvalue weighted by Gasteiger charge is 2.11. The molecule has 1 fully saturated rings. The monoisotopic (exact) mass is 339 g/mol. The largest absolute Gasteiger partial charge is 0.352 e. The van der Waals surface area contributed by atoms with Gasteiger partial charge in [-0.25, -0.2) is 0 Å². The van der Waals surface area contributed by atoms with Gasteiger partial charge in [0.2, 0.25) is 0 Å². The Balaban J connectivity index is 1.73. The molecule has 5 heteroatoms. The Labute approximate surface area is 129 Å². The quantitative estimate of drug-likeness (QED) is 0.804. The fraction of sp³-hybridized carbons (Fsp3) is 0.533. The Morgan fingerprint density at radius 1 is 1.40 bits per heavy atom.